The van der Waals surface area contributed by atoms with Crippen LogP contribution in [0.25, 0.3) is 22.2 Å². The minimum Gasteiger partial charge on any atom is -0.496 e. The fourth-order valence-electron chi connectivity index (χ4n) is 3.68. The summed E-state index contributed by atoms with van der Waals surface area (Å²) in [5.74, 6) is 1.24. The average molecular weight is 407 g/mol. The van der Waals surface area contributed by atoms with E-state index in [-0.39, 0.29) is 24.7 Å². The summed E-state index contributed by atoms with van der Waals surface area (Å²) in [6, 6.07) is 3.51. The fraction of sp³-hybridized carbons (Fsp3) is 0.389. The molecule has 0 amide bonds. The molecule has 1 atom stereocenters. The summed E-state index contributed by atoms with van der Waals surface area (Å²) in [6.07, 6.45) is -3.83. The van der Waals surface area contributed by atoms with Gasteiger partial charge in [-0.15, -0.1) is 0 Å². The molecule has 4 rings (SSSR count). The zero-order valence-corrected chi connectivity index (χ0v) is 15.8. The summed E-state index contributed by atoms with van der Waals surface area (Å²) in [4.78, 5) is 9.97. The number of hydrogen-bond donors (Lipinski definition) is 3. The van der Waals surface area contributed by atoms with Gasteiger partial charge in [0.15, 0.2) is 5.82 Å². The molecule has 29 heavy (non-hydrogen) atoms. The Bertz CT molecular complexity index is 1050. The highest BCUT2D eigenvalue weighted by molar-refractivity contribution is 5.97. The van der Waals surface area contributed by atoms with Crippen molar-refractivity contribution in [2.45, 2.75) is 25.1 Å². The van der Waals surface area contributed by atoms with Gasteiger partial charge in [0.05, 0.1) is 23.7 Å². The molecule has 8 nitrogen and oxygen atoms in total. The van der Waals surface area contributed by atoms with Crippen molar-refractivity contribution >= 4 is 28.5 Å². The van der Waals surface area contributed by atoms with Crippen molar-refractivity contribution in [1.29, 1.82) is 0 Å². The maximum Gasteiger partial charge on any atom is 0.408 e. The molecule has 1 aliphatic heterocycles. The average Bonchev–Trinajstić information content (AvgIpc) is 3.34. The summed E-state index contributed by atoms with van der Waals surface area (Å²) in [7, 11) is 3.13. The monoisotopic (exact) mass is 407 g/mol. The topological polar surface area (TPSA) is 105 Å². The Labute approximate surface area is 164 Å². The van der Waals surface area contributed by atoms with Crippen LogP contribution in [-0.4, -0.2) is 53.1 Å². The molecular formula is C18H20F3N7O. The largest absolute Gasteiger partial charge is 0.496 e. The van der Waals surface area contributed by atoms with Crippen molar-refractivity contribution in [1.82, 2.24) is 20.2 Å². The molecule has 0 bridgehead atoms. The standard InChI is InChI=1S/C18H20F3N7O/c1-23-17-24-10(8-14(25-17)28-5-3-4-13(28)18(19,20)21)9-6-11-15(12(7-9)29-2)16(22)27-26-11/h6-8,13H,3-5H2,1-2H3,(H3,22,26,27)(H,23,24,25)/t13-/m0/s1. The Morgan fingerprint density at radius 3 is 2.76 bits per heavy atom. The van der Waals surface area contributed by atoms with Crippen LogP contribution in [0, 0.1) is 0 Å². The van der Waals surface area contributed by atoms with Crippen LogP contribution in [0.4, 0.5) is 30.8 Å². The van der Waals surface area contributed by atoms with E-state index in [1.165, 1.54) is 12.0 Å². The van der Waals surface area contributed by atoms with Crippen LogP contribution in [0.15, 0.2) is 18.2 Å². The number of hydrogen-bond acceptors (Lipinski definition) is 7. The number of alkyl halides is 3. The SMILES string of the molecule is CNc1nc(-c2cc(OC)c3c(N)n[nH]c3c2)cc(N2CCC[C@H]2C(F)(F)F)n1. The maximum absolute atomic E-state index is 13.4. The van der Waals surface area contributed by atoms with E-state index in [4.69, 9.17) is 10.5 Å². The number of benzene rings is 1. The Morgan fingerprint density at radius 2 is 2.07 bits per heavy atom. The summed E-state index contributed by atoms with van der Waals surface area (Å²) in [5, 5.41) is 10.3. The number of methoxy groups -OCH3 is 1. The molecule has 3 aromatic rings. The van der Waals surface area contributed by atoms with E-state index in [0.717, 1.165) is 0 Å². The van der Waals surface area contributed by atoms with E-state index in [0.29, 0.717) is 40.1 Å². The normalized spacial score (nSPS) is 17.1. The van der Waals surface area contributed by atoms with Crippen LogP contribution in [-0.2, 0) is 0 Å². The van der Waals surface area contributed by atoms with Gasteiger partial charge in [0.25, 0.3) is 0 Å². The number of aromatic nitrogens is 4. The van der Waals surface area contributed by atoms with Crippen LogP contribution in [0.3, 0.4) is 0 Å². The first-order valence-electron chi connectivity index (χ1n) is 9.04. The number of H-pyrrole nitrogens is 1. The third-order valence-electron chi connectivity index (χ3n) is 5.03. The van der Waals surface area contributed by atoms with Crippen molar-refractivity contribution in [3.8, 4) is 17.0 Å². The molecule has 154 valence electrons. The van der Waals surface area contributed by atoms with E-state index < -0.39 is 12.2 Å². The van der Waals surface area contributed by atoms with Crippen LogP contribution in [0.5, 0.6) is 5.75 Å². The van der Waals surface area contributed by atoms with Gasteiger partial charge in [0.2, 0.25) is 5.95 Å². The highest BCUT2D eigenvalue weighted by atomic mass is 19.4. The van der Waals surface area contributed by atoms with Gasteiger partial charge < -0.3 is 20.7 Å². The number of halogens is 3. The first kappa shape index (κ1) is 19.1. The lowest BCUT2D eigenvalue weighted by atomic mass is 10.1. The number of rotatable bonds is 4. The van der Waals surface area contributed by atoms with Gasteiger partial charge in [0.1, 0.15) is 17.6 Å². The molecule has 1 saturated heterocycles. The lowest BCUT2D eigenvalue weighted by molar-refractivity contribution is -0.146. The lowest BCUT2D eigenvalue weighted by Crippen LogP contribution is -2.41. The summed E-state index contributed by atoms with van der Waals surface area (Å²) in [6.45, 7) is 0.281. The second-order valence-electron chi connectivity index (χ2n) is 6.79. The van der Waals surface area contributed by atoms with Crippen LogP contribution >= 0.6 is 0 Å². The summed E-state index contributed by atoms with van der Waals surface area (Å²) >= 11 is 0. The van der Waals surface area contributed by atoms with Crippen molar-refractivity contribution in [2.75, 3.05) is 36.7 Å². The number of nitrogens with two attached hydrogens (primary N) is 1. The highest BCUT2D eigenvalue weighted by Crippen LogP contribution is 2.38. The van der Waals surface area contributed by atoms with Gasteiger partial charge in [-0.3, -0.25) is 5.10 Å². The number of anilines is 3. The van der Waals surface area contributed by atoms with Gasteiger partial charge >= 0.3 is 6.18 Å². The van der Waals surface area contributed by atoms with Gasteiger partial charge in [-0.2, -0.15) is 23.3 Å². The van der Waals surface area contributed by atoms with Gasteiger partial charge in [-0.1, -0.05) is 0 Å². The fourth-order valence-corrected chi connectivity index (χ4v) is 3.68. The highest BCUT2D eigenvalue weighted by Gasteiger charge is 2.46. The van der Waals surface area contributed by atoms with Gasteiger partial charge in [0, 0.05) is 25.2 Å². The maximum atomic E-state index is 13.4. The Hall–Kier alpha value is -3.24. The van der Waals surface area contributed by atoms with E-state index in [1.807, 2.05) is 0 Å². The molecule has 1 aromatic carbocycles. The predicted molar refractivity (Wildman–Crippen MR) is 104 cm³/mol. The number of aromatic amines is 1. The number of nitrogens with one attached hydrogen (secondary N) is 2. The van der Waals surface area contributed by atoms with Crippen molar-refractivity contribution in [3.05, 3.63) is 18.2 Å². The Balaban J connectivity index is 1.83. The van der Waals surface area contributed by atoms with Crippen molar-refractivity contribution in [2.24, 2.45) is 0 Å². The Kier molecular flexibility index (Phi) is 4.59. The summed E-state index contributed by atoms with van der Waals surface area (Å²) in [5.41, 5.74) is 7.61. The second-order valence-corrected chi connectivity index (χ2v) is 6.79. The molecule has 3 heterocycles. The lowest BCUT2D eigenvalue weighted by Gasteiger charge is -2.28. The molecule has 2 aromatic heterocycles. The molecule has 4 N–H and O–H groups in total. The van der Waals surface area contributed by atoms with Gasteiger partial charge in [-0.05, 0) is 25.0 Å². The number of ether oxygens (including phenoxy) is 1. The number of nitrogen functional groups attached to an aromatic ring is 1. The minimum atomic E-state index is -4.32. The van der Waals surface area contributed by atoms with Gasteiger partial charge in [-0.25, -0.2) is 4.98 Å². The first-order valence-corrected chi connectivity index (χ1v) is 9.04. The second kappa shape index (κ2) is 6.98. The third kappa shape index (κ3) is 3.36. The Morgan fingerprint density at radius 1 is 1.28 bits per heavy atom. The zero-order chi connectivity index (χ0) is 20.8. The first-order chi connectivity index (χ1) is 13.8. The van der Waals surface area contributed by atoms with E-state index in [9.17, 15) is 13.2 Å². The van der Waals surface area contributed by atoms with E-state index in [2.05, 4.69) is 25.5 Å². The predicted octanol–water partition coefficient (Wildman–Crippen LogP) is 3.18. The van der Waals surface area contributed by atoms with E-state index >= 15 is 0 Å². The molecule has 1 fully saturated rings. The number of nitrogens with zero attached hydrogens (tertiary/aromatic N) is 4. The molecule has 0 unspecified atom stereocenters. The summed E-state index contributed by atoms with van der Waals surface area (Å²) < 4.78 is 45.7. The zero-order valence-electron chi connectivity index (χ0n) is 15.8. The van der Waals surface area contributed by atoms with Crippen molar-refractivity contribution < 1.29 is 17.9 Å². The third-order valence-corrected chi connectivity index (χ3v) is 5.03. The van der Waals surface area contributed by atoms with Crippen LogP contribution in [0.2, 0.25) is 0 Å². The molecule has 1 aliphatic rings. The molecule has 0 aliphatic carbocycles. The number of fused-ring (bicyclic) bond motifs is 1. The van der Waals surface area contributed by atoms with Crippen LogP contribution in [0.1, 0.15) is 12.8 Å². The molecule has 0 radical (unpaired) electrons. The molecule has 11 heteroatoms. The molecule has 0 spiro atoms. The molecule has 0 saturated carbocycles. The quantitative estimate of drug-likeness (QED) is 0.610. The smallest absolute Gasteiger partial charge is 0.408 e. The van der Waals surface area contributed by atoms with E-state index in [1.54, 1.807) is 25.2 Å². The molecular weight excluding hydrogens is 387 g/mol. The van der Waals surface area contributed by atoms with Crippen LogP contribution < -0.4 is 20.7 Å². The minimum absolute atomic E-state index is 0.0466. The van der Waals surface area contributed by atoms with Crippen molar-refractivity contribution in [3.63, 3.8) is 0 Å².